The molecule has 0 saturated carbocycles. The molecule has 2 aliphatic heterocycles. The van der Waals surface area contributed by atoms with Crippen LogP contribution in [0.4, 0.5) is 17.2 Å². The number of allylic oxidation sites excluding steroid dienone is 1. The van der Waals surface area contributed by atoms with Crippen molar-refractivity contribution in [3.05, 3.63) is 77.5 Å². The molecule has 182 valence electrons. The number of aromatic nitrogens is 2. The van der Waals surface area contributed by atoms with Crippen LogP contribution in [-0.4, -0.2) is 23.2 Å². The molecule has 5 rings (SSSR count). The highest BCUT2D eigenvalue weighted by Gasteiger charge is 2.41. The molecule has 3 heterocycles. The van der Waals surface area contributed by atoms with E-state index in [0.717, 1.165) is 30.2 Å². The lowest BCUT2D eigenvalue weighted by Gasteiger charge is -2.32. The van der Waals surface area contributed by atoms with Crippen molar-refractivity contribution in [2.24, 2.45) is 0 Å². The third kappa shape index (κ3) is 3.57. The zero-order valence-electron chi connectivity index (χ0n) is 22.2. The van der Waals surface area contributed by atoms with Crippen LogP contribution in [0.25, 0.3) is 11.4 Å². The standard InChI is InChI=1S/C31H38N4/c1-8-31(9-2)18-17-27-34(7)30-26(35(27)25-16-11-10-15-24(25)31)19-32-29(33-30)28-22(20(3)4)13-12-14-23(28)21(5)6/h10-21,27H,8-9H2,1-7H3. The number of para-hydroxylation sites is 1. The Balaban J connectivity index is 1.70. The molecule has 0 fully saturated rings. The molecule has 0 amide bonds. The molecule has 0 bridgehead atoms. The van der Waals surface area contributed by atoms with Gasteiger partial charge in [-0.3, -0.25) is 0 Å². The Morgan fingerprint density at radius 3 is 2.17 bits per heavy atom. The van der Waals surface area contributed by atoms with Crippen LogP contribution in [0.2, 0.25) is 0 Å². The Hall–Kier alpha value is -3.14. The smallest absolute Gasteiger partial charge is 0.162 e. The number of nitrogens with zero attached hydrogens (tertiary/aromatic N) is 4. The van der Waals surface area contributed by atoms with Gasteiger partial charge in [0, 0.05) is 23.7 Å². The van der Waals surface area contributed by atoms with Crippen molar-refractivity contribution in [3.8, 4) is 11.4 Å². The molecule has 2 aliphatic rings. The van der Waals surface area contributed by atoms with Crippen LogP contribution in [0.15, 0.2) is 60.8 Å². The zero-order valence-corrected chi connectivity index (χ0v) is 22.2. The van der Waals surface area contributed by atoms with Gasteiger partial charge in [0.05, 0.1) is 6.20 Å². The van der Waals surface area contributed by atoms with E-state index in [4.69, 9.17) is 9.97 Å². The summed E-state index contributed by atoms with van der Waals surface area (Å²) in [7, 11) is 2.16. The first-order valence-corrected chi connectivity index (χ1v) is 13.1. The molecule has 0 aliphatic carbocycles. The molecule has 1 atom stereocenters. The Kier molecular flexibility index (Phi) is 5.94. The second kappa shape index (κ2) is 8.82. The number of anilines is 3. The van der Waals surface area contributed by atoms with Gasteiger partial charge in [0.15, 0.2) is 11.6 Å². The fraction of sp³-hybridized carbons (Fsp3) is 0.419. The average molecular weight is 467 g/mol. The number of rotatable bonds is 5. The maximum Gasteiger partial charge on any atom is 0.162 e. The summed E-state index contributed by atoms with van der Waals surface area (Å²) in [5, 5.41) is 0. The van der Waals surface area contributed by atoms with Crippen LogP contribution in [0.5, 0.6) is 0 Å². The molecule has 1 unspecified atom stereocenters. The van der Waals surface area contributed by atoms with Crippen LogP contribution in [0, 0.1) is 0 Å². The van der Waals surface area contributed by atoms with E-state index in [1.165, 1.54) is 27.9 Å². The van der Waals surface area contributed by atoms with Gasteiger partial charge in [0.1, 0.15) is 11.9 Å². The second-order valence-corrected chi connectivity index (χ2v) is 10.7. The molecule has 4 nitrogen and oxygen atoms in total. The van der Waals surface area contributed by atoms with E-state index >= 15 is 0 Å². The Labute approximate surface area is 210 Å². The topological polar surface area (TPSA) is 32.3 Å². The normalized spacial score (nSPS) is 18.0. The van der Waals surface area contributed by atoms with Gasteiger partial charge < -0.3 is 9.80 Å². The largest absolute Gasteiger partial charge is 0.334 e. The van der Waals surface area contributed by atoms with Crippen molar-refractivity contribution in [3.63, 3.8) is 0 Å². The number of likely N-dealkylation sites (N-methyl/N-ethyl adjacent to an activating group) is 1. The molecule has 0 spiro atoms. The molecule has 0 N–H and O–H groups in total. The fourth-order valence-corrected chi connectivity index (χ4v) is 5.99. The van der Waals surface area contributed by atoms with Gasteiger partial charge in [0.2, 0.25) is 0 Å². The van der Waals surface area contributed by atoms with Gasteiger partial charge in [-0.05, 0) is 53.5 Å². The zero-order chi connectivity index (χ0) is 24.9. The number of hydrogen-bond acceptors (Lipinski definition) is 4. The van der Waals surface area contributed by atoms with Crippen molar-refractivity contribution in [1.29, 1.82) is 0 Å². The minimum absolute atomic E-state index is 0.0467. The van der Waals surface area contributed by atoms with E-state index in [0.29, 0.717) is 11.8 Å². The molecule has 4 heteroatoms. The molecule has 3 aromatic rings. The Bertz CT molecular complexity index is 1240. The molecule has 35 heavy (non-hydrogen) atoms. The van der Waals surface area contributed by atoms with Crippen LogP contribution in [-0.2, 0) is 5.41 Å². The SMILES string of the molecule is CCC1(CC)C=CC2N(C)c3nc(-c4c(C(C)C)cccc4C(C)C)ncc3N2c2ccccc21. The minimum atomic E-state index is 0.0467. The average Bonchev–Trinajstić information content (AvgIpc) is 3.05. The summed E-state index contributed by atoms with van der Waals surface area (Å²) in [6, 6.07) is 15.5. The highest BCUT2D eigenvalue weighted by molar-refractivity contribution is 5.85. The summed E-state index contributed by atoms with van der Waals surface area (Å²) in [5.41, 5.74) is 7.60. The molecule has 0 saturated heterocycles. The van der Waals surface area contributed by atoms with Crippen molar-refractivity contribution < 1.29 is 0 Å². The number of hydrogen-bond donors (Lipinski definition) is 0. The number of benzene rings is 2. The van der Waals surface area contributed by atoms with E-state index in [1.54, 1.807) is 0 Å². The monoisotopic (exact) mass is 466 g/mol. The van der Waals surface area contributed by atoms with Gasteiger partial charge in [-0.1, -0.05) is 84.0 Å². The summed E-state index contributed by atoms with van der Waals surface area (Å²) in [4.78, 5) is 15.0. The first kappa shape index (κ1) is 23.6. The Morgan fingerprint density at radius 2 is 1.54 bits per heavy atom. The van der Waals surface area contributed by atoms with Crippen LogP contribution >= 0.6 is 0 Å². The summed E-state index contributed by atoms with van der Waals surface area (Å²) < 4.78 is 0. The molecule has 2 aromatic carbocycles. The van der Waals surface area contributed by atoms with E-state index in [-0.39, 0.29) is 11.6 Å². The number of fused-ring (bicyclic) bond motifs is 5. The maximum absolute atomic E-state index is 5.23. The Morgan fingerprint density at radius 1 is 0.886 bits per heavy atom. The van der Waals surface area contributed by atoms with Gasteiger partial charge >= 0.3 is 0 Å². The third-order valence-corrected chi connectivity index (χ3v) is 8.15. The van der Waals surface area contributed by atoms with Crippen molar-refractivity contribution in [2.75, 3.05) is 16.8 Å². The van der Waals surface area contributed by atoms with E-state index in [1.807, 2.05) is 6.20 Å². The lowest BCUT2D eigenvalue weighted by atomic mass is 9.75. The van der Waals surface area contributed by atoms with Crippen molar-refractivity contribution in [1.82, 2.24) is 9.97 Å². The van der Waals surface area contributed by atoms with Crippen LogP contribution < -0.4 is 9.80 Å². The van der Waals surface area contributed by atoms with Crippen LogP contribution in [0.3, 0.4) is 0 Å². The summed E-state index contributed by atoms with van der Waals surface area (Å²) in [5.74, 6) is 2.63. The van der Waals surface area contributed by atoms with E-state index < -0.39 is 0 Å². The maximum atomic E-state index is 5.23. The van der Waals surface area contributed by atoms with Gasteiger partial charge in [-0.2, -0.15) is 0 Å². The minimum Gasteiger partial charge on any atom is -0.334 e. The second-order valence-electron chi connectivity index (χ2n) is 10.7. The van der Waals surface area contributed by atoms with Gasteiger partial charge in [0.25, 0.3) is 0 Å². The molecule has 1 aromatic heterocycles. The van der Waals surface area contributed by atoms with Crippen molar-refractivity contribution >= 4 is 17.2 Å². The predicted octanol–water partition coefficient (Wildman–Crippen LogP) is 7.93. The van der Waals surface area contributed by atoms with Crippen LogP contribution in [0.1, 0.15) is 82.9 Å². The summed E-state index contributed by atoms with van der Waals surface area (Å²) in [6.07, 6.45) is 9.10. The van der Waals surface area contributed by atoms with Crippen molar-refractivity contribution in [2.45, 2.75) is 77.8 Å². The van der Waals surface area contributed by atoms with Gasteiger partial charge in [-0.15, -0.1) is 0 Å². The van der Waals surface area contributed by atoms with E-state index in [9.17, 15) is 0 Å². The first-order valence-electron chi connectivity index (χ1n) is 13.1. The molecular formula is C31H38N4. The summed E-state index contributed by atoms with van der Waals surface area (Å²) >= 11 is 0. The quantitative estimate of drug-likeness (QED) is 0.357. The third-order valence-electron chi connectivity index (χ3n) is 8.15. The first-order chi connectivity index (χ1) is 16.8. The van der Waals surface area contributed by atoms with Gasteiger partial charge in [-0.25, -0.2) is 9.97 Å². The molecular weight excluding hydrogens is 428 g/mol. The van der Waals surface area contributed by atoms with E-state index in [2.05, 4.69) is 113 Å². The predicted molar refractivity (Wildman–Crippen MR) is 148 cm³/mol. The summed E-state index contributed by atoms with van der Waals surface area (Å²) in [6.45, 7) is 13.6. The molecule has 0 radical (unpaired) electrons. The highest BCUT2D eigenvalue weighted by atomic mass is 15.4. The highest BCUT2D eigenvalue weighted by Crippen LogP contribution is 2.50. The lowest BCUT2D eigenvalue weighted by Crippen LogP contribution is -2.36. The fourth-order valence-electron chi connectivity index (χ4n) is 5.99. The lowest BCUT2D eigenvalue weighted by molar-refractivity contribution is 0.499.